The molecule has 0 bridgehead atoms. The van der Waals surface area contributed by atoms with Gasteiger partial charge in [0.1, 0.15) is 11.5 Å². The highest BCUT2D eigenvalue weighted by Gasteiger charge is 2.09. The van der Waals surface area contributed by atoms with Gasteiger partial charge in [0.15, 0.2) is 5.96 Å². The van der Waals surface area contributed by atoms with Crippen LogP contribution in [0.25, 0.3) is 10.9 Å². The molecule has 2 rings (SSSR count). The van der Waals surface area contributed by atoms with E-state index in [-0.39, 0.29) is 6.04 Å². The number of fused-ring (bicyclic) bond motifs is 1. The molecule has 0 amide bonds. The van der Waals surface area contributed by atoms with Crippen molar-refractivity contribution >= 4 is 16.9 Å². The summed E-state index contributed by atoms with van der Waals surface area (Å²) in [5, 5.41) is 4.15. The van der Waals surface area contributed by atoms with Crippen molar-refractivity contribution in [1.29, 1.82) is 0 Å². The maximum absolute atomic E-state index is 5.86. The fourth-order valence-electron chi connectivity index (χ4n) is 2.72. The van der Waals surface area contributed by atoms with E-state index in [0.29, 0.717) is 19.1 Å². The molecule has 1 aromatic heterocycles. The van der Waals surface area contributed by atoms with E-state index in [0.717, 1.165) is 40.9 Å². The molecule has 1 heterocycles. The number of aliphatic imine (C=N–C) groups is 1. The molecule has 2 aromatic rings. The van der Waals surface area contributed by atoms with Crippen LogP contribution in [0.4, 0.5) is 0 Å². The van der Waals surface area contributed by atoms with Gasteiger partial charge in [0.2, 0.25) is 0 Å². The number of nitrogens with one attached hydrogen (secondary N) is 2. The number of aryl methyl sites for hydroxylation is 1. The molecule has 0 spiro atoms. The highest BCUT2D eigenvalue weighted by Crippen LogP contribution is 2.31. The van der Waals surface area contributed by atoms with Gasteiger partial charge in [0.25, 0.3) is 0 Å². The summed E-state index contributed by atoms with van der Waals surface area (Å²) in [7, 11) is 4.97. The van der Waals surface area contributed by atoms with Crippen LogP contribution in [0.3, 0.4) is 0 Å². The molecular weight excluding hydrogens is 320 g/mol. The first-order valence-corrected chi connectivity index (χ1v) is 8.36. The van der Waals surface area contributed by atoms with E-state index in [1.807, 2.05) is 19.1 Å². The summed E-state index contributed by atoms with van der Waals surface area (Å²) >= 11 is 0. The minimum Gasteiger partial charge on any atom is -0.497 e. The number of methoxy groups -OCH3 is 3. The van der Waals surface area contributed by atoms with Crippen LogP contribution in [0.2, 0.25) is 0 Å². The van der Waals surface area contributed by atoms with Crippen molar-refractivity contribution < 1.29 is 14.2 Å². The van der Waals surface area contributed by atoms with Crippen LogP contribution >= 0.6 is 0 Å². The number of H-pyrrole nitrogens is 1. The Morgan fingerprint density at radius 1 is 1.24 bits per heavy atom. The van der Waals surface area contributed by atoms with Crippen LogP contribution < -0.4 is 20.5 Å². The predicted octanol–water partition coefficient (Wildman–Crippen LogP) is 2.06. The Bertz CT molecular complexity index is 712. The molecule has 0 saturated carbocycles. The van der Waals surface area contributed by atoms with E-state index in [4.69, 9.17) is 19.9 Å². The average Bonchev–Trinajstić information content (AvgIpc) is 3.00. The SMILES string of the molecule is COCC(C)NC(N)=NCCCc1cc2c(OC)cc(OC)cc2[nH]1. The Morgan fingerprint density at radius 2 is 2.04 bits per heavy atom. The molecule has 0 aliphatic heterocycles. The molecule has 0 saturated heterocycles. The molecule has 7 heteroatoms. The molecule has 0 fully saturated rings. The fraction of sp³-hybridized carbons (Fsp3) is 0.500. The largest absolute Gasteiger partial charge is 0.497 e. The first-order valence-electron chi connectivity index (χ1n) is 8.36. The van der Waals surface area contributed by atoms with Gasteiger partial charge in [-0.15, -0.1) is 0 Å². The van der Waals surface area contributed by atoms with Crippen molar-refractivity contribution in [3.05, 3.63) is 23.9 Å². The Labute approximate surface area is 148 Å². The van der Waals surface area contributed by atoms with E-state index in [1.165, 1.54) is 0 Å². The molecule has 25 heavy (non-hydrogen) atoms. The second kappa shape index (κ2) is 9.17. The second-order valence-electron chi connectivity index (χ2n) is 5.96. The van der Waals surface area contributed by atoms with E-state index < -0.39 is 0 Å². The third-order valence-corrected chi connectivity index (χ3v) is 3.88. The molecule has 0 radical (unpaired) electrons. The van der Waals surface area contributed by atoms with Crippen molar-refractivity contribution in [2.24, 2.45) is 10.7 Å². The summed E-state index contributed by atoms with van der Waals surface area (Å²) in [6.07, 6.45) is 1.78. The van der Waals surface area contributed by atoms with Crippen LogP contribution in [-0.4, -0.2) is 51.5 Å². The van der Waals surface area contributed by atoms with Gasteiger partial charge in [0.05, 0.1) is 26.3 Å². The number of benzene rings is 1. The molecule has 7 nitrogen and oxygen atoms in total. The van der Waals surface area contributed by atoms with E-state index in [2.05, 4.69) is 21.4 Å². The summed E-state index contributed by atoms with van der Waals surface area (Å²) in [4.78, 5) is 7.76. The number of aromatic amines is 1. The van der Waals surface area contributed by atoms with Gasteiger partial charge in [-0.2, -0.15) is 0 Å². The predicted molar refractivity (Wildman–Crippen MR) is 101 cm³/mol. The number of guanidine groups is 1. The lowest BCUT2D eigenvalue weighted by atomic mass is 10.2. The quantitative estimate of drug-likeness (QED) is 0.366. The molecule has 4 N–H and O–H groups in total. The highest BCUT2D eigenvalue weighted by atomic mass is 16.5. The van der Waals surface area contributed by atoms with Crippen LogP contribution in [0.15, 0.2) is 23.2 Å². The lowest BCUT2D eigenvalue weighted by molar-refractivity contribution is 0.179. The second-order valence-corrected chi connectivity index (χ2v) is 5.96. The van der Waals surface area contributed by atoms with Gasteiger partial charge in [-0.3, -0.25) is 4.99 Å². The van der Waals surface area contributed by atoms with Crippen molar-refractivity contribution in [1.82, 2.24) is 10.3 Å². The number of nitrogens with two attached hydrogens (primary N) is 1. The van der Waals surface area contributed by atoms with Crippen molar-refractivity contribution in [2.75, 3.05) is 34.5 Å². The summed E-state index contributed by atoms with van der Waals surface area (Å²) in [6, 6.07) is 6.11. The van der Waals surface area contributed by atoms with Gasteiger partial charge in [-0.05, 0) is 25.8 Å². The van der Waals surface area contributed by atoms with Crippen molar-refractivity contribution in [3.63, 3.8) is 0 Å². The highest BCUT2D eigenvalue weighted by molar-refractivity contribution is 5.88. The minimum absolute atomic E-state index is 0.143. The zero-order valence-corrected chi connectivity index (χ0v) is 15.4. The summed E-state index contributed by atoms with van der Waals surface area (Å²) in [5.41, 5.74) is 8.00. The Kier molecular flexibility index (Phi) is 6.94. The van der Waals surface area contributed by atoms with E-state index in [9.17, 15) is 0 Å². The lowest BCUT2D eigenvalue weighted by Gasteiger charge is -2.12. The lowest BCUT2D eigenvalue weighted by Crippen LogP contribution is -2.40. The Balaban J connectivity index is 1.93. The van der Waals surface area contributed by atoms with Gasteiger partial charge in [0, 0.05) is 42.9 Å². The molecule has 138 valence electrons. The zero-order valence-electron chi connectivity index (χ0n) is 15.4. The molecule has 1 unspecified atom stereocenters. The number of ether oxygens (including phenoxy) is 3. The smallest absolute Gasteiger partial charge is 0.188 e. The van der Waals surface area contributed by atoms with Gasteiger partial charge < -0.3 is 30.2 Å². The van der Waals surface area contributed by atoms with E-state index >= 15 is 0 Å². The number of hydrogen-bond acceptors (Lipinski definition) is 4. The summed E-state index contributed by atoms with van der Waals surface area (Å²) in [5.74, 6) is 2.02. The van der Waals surface area contributed by atoms with Crippen molar-refractivity contribution in [3.8, 4) is 11.5 Å². The Morgan fingerprint density at radius 3 is 2.72 bits per heavy atom. The topological polar surface area (TPSA) is 93.9 Å². The monoisotopic (exact) mass is 348 g/mol. The fourth-order valence-corrected chi connectivity index (χ4v) is 2.72. The standard InChI is InChI=1S/C18H28N4O3/c1-12(11-23-2)21-18(19)20-7-5-6-13-8-15-16(22-13)9-14(24-3)10-17(15)25-4/h8-10,12,22H,5-7,11H2,1-4H3,(H3,19,20,21). The van der Waals surface area contributed by atoms with Crippen LogP contribution in [0.1, 0.15) is 19.0 Å². The van der Waals surface area contributed by atoms with Gasteiger partial charge in [-0.1, -0.05) is 0 Å². The summed E-state index contributed by atoms with van der Waals surface area (Å²) < 4.78 is 15.8. The van der Waals surface area contributed by atoms with Gasteiger partial charge in [-0.25, -0.2) is 0 Å². The first-order chi connectivity index (χ1) is 12.1. The summed E-state index contributed by atoms with van der Waals surface area (Å²) in [6.45, 7) is 3.25. The number of rotatable bonds is 9. The molecule has 0 aliphatic carbocycles. The maximum Gasteiger partial charge on any atom is 0.188 e. The number of hydrogen-bond donors (Lipinski definition) is 3. The minimum atomic E-state index is 0.143. The van der Waals surface area contributed by atoms with Crippen LogP contribution in [0, 0.1) is 0 Å². The normalized spacial score (nSPS) is 13.0. The molecule has 1 atom stereocenters. The molecular formula is C18H28N4O3. The zero-order chi connectivity index (χ0) is 18.2. The third kappa shape index (κ3) is 5.29. The third-order valence-electron chi connectivity index (χ3n) is 3.88. The number of aromatic nitrogens is 1. The van der Waals surface area contributed by atoms with Crippen LogP contribution in [-0.2, 0) is 11.2 Å². The number of nitrogens with zero attached hydrogens (tertiary/aromatic N) is 1. The first kappa shape index (κ1) is 18.9. The van der Waals surface area contributed by atoms with Crippen molar-refractivity contribution in [2.45, 2.75) is 25.8 Å². The maximum atomic E-state index is 5.86. The Hall–Kier alpha value is -2.41. The average molecular weight is 348 g/mol. The molecule has 1 aromatic carbocycles. The van der Waals surface area contributed by atoms with Gasteiger partial charge >= 0.3 is 0 Å². The van der Waals surface area contributed by atoms with E-state index in [1.54, 1.807) is 21.3 Å². The molecule has 0 aliphatic rings. The van der Waals surface area contributed by atoms with Crippen LogP contribution in [0.5, 0.6) is 11.5 Å².